The van der Waals surface area contributed by atoms with Gasteiger partial charge in [-0.3, -0.25) is 4.79 Å². The fourth-order valence-corrected chi connectivity index (χ4v) is 3.36. The molecule has 0 saturated carbocycles. The Bertz CT molecular complexity index is 999. The molecule has 1 saturated heterocycles. The van der Waals surface area contributed by atoms with Crippen molar-refractivity contribution in [3.63, 3.8) is 0 Å². The summed E-state index contributed by atoms with van der Waals surface area (Å²) in [4.78, 5) is 37.0. The molecule has 1 unspecified atom stereocenters. The van der Waals surface area contributed by atoms with Crippen LogP contribution in [0, 0.1) is 0 Å². The molecular formula is C18H17N5O3. The summed E-state index contributed by atoms with van der Waals surface area (Å²) < 4.78 is 0. The van der Waals surface area contributed by atoms with E-state index in [2.05, 4.69) is 15.0 Å². The summed E-state index contributed by atoms with van der Waals surface area (Å²) in [5, 5.41) is 9.87. The van der Waals surface area contributed by atoms with E-state index in [1.807, 2.05) is 35.2 Å². The number of aromatic carboxylic acids is 1. The van der Waals surface area contributed by atoms with Gasteiger partial charge in [-0.2, -0.15) is 0 Å². The number of rotatable bonds is 4. The van der Waals surface area contributed by atoms with Gasteiger partial charge in [-0.15, -0.1) is 0 Å². The largest absolute Gasteiger partial charge is 0.477 e. The Morgan fingerprint density at radius 1 is 1.23 bits per heavy atom. The molecule has 0 spiro atoms. The van der Waals surface area contributed by atoms with Crippen LogP contribution in [0.5, 0.6) is 0 Å². The molecule has 2 aromatic heterocycles. The summed E-state index contributed by atoms with van der Waals surface area (Å²) in [6.45, 7) is 0.627. The van der Waals surface area contributed by atoms with E-state index in [1.165, 1.54) is 6.07 Å². The maximum absolute atomic E-state index is 11.8. The van der Waals surface area contributed by atoms with E-state index in [1.54, 1.807) is 0 Å². The predicted octanol–water partition coefficient (Wildman–Crippen LogP) is 1.78. The lowest BCUT2D eigenvalue weighted by atomic mass is 10.2. The number of hydrogen-bond acceptors (Lipinski definition) is 5. The molecule has 26 heavy (non-hydrogen) atoms. The van der Waals surface area contributed by atoms with Crippen LogP contribution in [0.3, 0.4) is 0 Å². The summed E-state index contributed by atoms with van der Waals surface area (Å²) in [6.07, 6.45) is 1.47. The van der Waals surface area contributed by atoms with E-state index in [0.717, 1.165) is 12.0 Å². The summed E-state index contributed by atoms with van der Waals surface area (Å²) in [6, 6.07) is 10.4. The predicted molar refractivity (Wildman–Crippen MR) is 95.8 cm³/mol. The van der Waals surface area contributed by atoms with E-state index < -0.39 is 17.9 Å². The Balaban J connectivity index is 1.94. The highest BCUT2D eigenvalue weighted by atomic mass is 16.4. The molecule has 1 aliphatic rings. The van der Waals surface area contributed by atoms with Crippen molar-refractivity contribution in [3.8, 4) is 11.4 Å². The van der Waals surface area contributed by atoms with E-state index in [-0.39, 0.29) is 5.69 Å². The van der Waals surface area contributed by atoms with Gasteiger partial charge in [-0.25, -0.2) is 14.8 Å². The average molecular weight is 351 g/mol. The topological polar surface area (TPSA) is 125 Å². The van der Waals surface area contributed by atoms with Crippen LogP contribution in [-0.2, 0) is 4.79 Å². The highest BCUT2D eigenvalue weighted by molar-refractivity contribution is 5.98. The molecule has 8 heteroatoms. The molecule has 1 aromatic carbocycles. The number of H-pyrrole nitrogens is 1. The third-order valence-corrected chi connectivity index (χ3v) is 4.58. The number of nitrogens with two attached hydrogens (primary N) is 1. The van der Waals surface area contributed by atoms with Crippen LogP contribution in [0.2, 0.25) is 0 Å². The van der Waals surface area contributed by atoms with Crippen molar-refractivity contribution in [1.82, 2.24) is 15.0 Å². The minimum absolute atomic E-state index is 0.0237. The van der Waals surface area contributed by atoms with Crippen molar-refractivity contribution in [2.45, 2.75) is 18.9 Å². The van der Waals surface area contributed by atoms with Gasteiger partial charge in [0, 0.05) is 12.1 Å². The summed E-state index contributed by atoms with van der Waals surface area (Å²) >= 11 is 0. The van der Waals surface area contributed by atoms with E-state index in [9.17, 15) is 14.7 Å². The Morgan fingerprint density at radius 3 is 2.69 bits per heavy atom. The molecule has 132 valence electrons. The number of anilines is 1. The maximum atomic E-state index is 11.8. The van der Waals surface area contributed by atoms with Gasteiger partial charge in [-0.1, -0.05) is 30.3 Å². The smallest absolute Gasteiger partial charge is 0.352 e. The maximum Gasteiger partial charge on any atom is 0.352 e. The number of nitrogens with zero attached hydrogens (tertiary/aromatic N) is 3. The van der Waals surface area contributed by atoms with Crippen molar-refractivity contribution >= 4 is 28.7 Å². The van der Waals surface area contributed by atoms with Crippen molar-refractivity contribution in [2.75, 3.05) is 11.4 Å². The summed E-state index contributed by atoms with van der Waals surface area (Å²) in [7, 11) is 0. The Hall–Kier alpha value is -3.42. The molecule has 0 bridgehead atoms. The van der Waals surface area contributed by atoms with Crippen molar-refractivity contribution in [2.24, 2.45) is 5.73 Å². The van der Waals surface area contributed by atoms with Gasteiger partial charge in [0.05, 0.1) is 5.39 Å². The van der Waals surface area contributed by atoms with Crippen LogP contribution in [0.1, 0.15) is 23.3 Å². The van der Waals surface area contributed by atoms with Crippen LogP contribution >= 0.6 is 0 Å². The number of nitrogens with one attached hydrogen (secondary N) is 1. The monoisotopic (exact) mass is 351 g/mol. The highest BCUT2D eigenvalue weighted by Gasteiger charge is 2.32. The standard InChI is InChI=1S/C18H17N5O3/c19-14(24)13-7-4-8-23(13)17-11-9-12(18(25)26)20-16(11)21-15(22-17)10-5-2-1-3-6-10/h1-3,5-6,9,13H,4,7-8H2,(H2,19,24)(H,25,26)(H,20,21,22). The number of primary amides is 1. The lowest BCUT2D eigenvalue weighted by Gasteiger charge is -2.24. The molecule has 1 atom stereocenters. The molecule has 3 aromatic rings. The molecule has 1 aliphatic heterocycles. The second-order valence-electron chi connectivity index (χ2n) is 6.24. The number of carbonyl (C=O) groups excluding carboxylic acids is 1. The van der Waals surface area contributed by atoms with E-state index in [0.29, 0.717) is 35.6 Å². The van der Waals surface area contributed by atoms with Gasteiger partial charge in [0.15, 0.2) is 5.82 Å². The van der Waals surface area contributed by atoms with Gasteiger partial charge < -0.3 is 20.7 Å². The zero-order valence-corrected chi connectivity index (χ0v) is 13.8. The molecule has 4 rings (SSSR count). The van der Waals surface area contributed by atoms with Crippen LogP contribution in [0.15, 0.2) is 36.4 Å². The zero-order chi connectivity index (χ0) is 18.3. The highest BCUT2D eigenvalue weighted by Crippen LogP contribution is 2.32. The number of aromatic nitrogens is 3. The second kappa shape index (κ2) is 6.14. The van der Waals surface area contributed by atoms with Crippen LogP contribution in [-0.4, -0.2) is 44.5 Å². The summed E-state index contributed by atoms with van der Waals surface area (Å²) in [5.74, 6) is -0.506. The van der Waals surface area contributed by atoms with Crippen LogP contribution < -0.4 is 10.6 Å². The normalized spacial score (nSPS) is 16.9. The molecule has 1 fully saturated rings. The first-order valence-corrected chi connectivity index (χ1v) is 8.30. The Morgan fingerprint density at radius 2 is 2.00 bits per heavy atom. The number of aromatic amines is 1. The second-order valence-corrected chi connectivity index (χ2v) is 6.24. The molecule has 4 N–H and O–H groups in total. The van der Waals surface area contributed by atoms with Crippen molar-refractivity contribution in [1.29, 1.82) is 0 Å². The van der Waals surface area contributed by atoms with Crippen LogP contribution in [0.25, 0.3) is 22.4 Å². The molecule has 8 nitrogen and oxygen atoms in total. The molecular weight excluding hydrogens is 334 g/mol. The number of amides is 1. The molecule has 0 radical (unpaired) electrons. The molecule has 3 heterocycles. The van der Waals surface area contributed by atoms with Crippen molar-refractivity contribution in [3.05, 3.63) is 42.1 Å². The van der Waals surface area contributed by atoms with Gasteiger partial charge in [0.1, 0.15) is 23.2 Å². The number of carboxylic acid groups (broad SMARTS) is 1. The Labute approximate surface area is 148 Å². The van der Waals surface area contributed by atoms with Crippen LogP contribution in [0.4, 0.5) is 5.82 Å². The average Bonchev–Trinajstić information content (AvgIpc) is 3.28. The number of hydrogen-bond donors (Lipinski definition) is 3. The lowest BCUT2D eigenvalue weighted by molar-refractivity contribution is -0.119. The number of carbonyl (C=O) groups is 2. The number of carboxylic acids is 1. The lowest BCUT2D eigenvalue weighted by Crippen LogP contribution is -2.40. The van der Waals surface area contributed by atoms with E-state index in [4.69, 9.17) is 5.73 Å². The SMILES string of the molecule is NC(=O)C1CCCN1c1nc(-c2ccccc2)nc2[nH]c(C(=O)O)cc12. The number of benzene rings is 1. The Kier molecular flexibility index (Phi) is 3.80. The van der Waals surface area contributed by atoms with Gasteiger partial charge in [-0.05, 0) is 18.9 Å². The zero-order valence-electron chi connectivity index (χ0n) is 13.8. The third kappa shape index (κ3) is 2.65. The first-order chi connectivity index (χ1) is 12.5. The third-order valence-electron chi connectivity index (χ3n) is 4.58. The van der Waals surface area contributed by atoms with Gasteiger partial charge in [0.2, 0.25) is 5.91 Å². The molecule has 1 amide bonds. The fraction of sp³-hybridized carbons (Fsp3) is 0.222. The van der Waals surface area contributed by atoms with Gasteiger partial charge in [0.25, 0.3) is 0 Å². The summed E-state index contributed by atoms with van der Waals surface area (Å²) in [5.41, 5.74) is 6.79. The minimum Gasteiger partial charge on any atom is -0.477 e. The quantitative estimate of drug-likeness (QED) is 0.658. The minimum atomic E-state index is -1.08. The fourth-order valence-electron chi connectivity index (χ4n) is 3.36. The number of fused-ring (bicyclic) bond motifs is 1. The van der Waals surface area contributed by atoms with E-state index >= 15 is 0 Å². The van der Waals surface area contributed by atoms with Crippen molar-refractivity contribution < 1.29 is 14.7 Å². The van der Waals surface area contributed by atoms with Gasteiger partial charge >= 0.3 is 5.97 Å². The molecule has 0 aliphatic carbocycles. The first-order valence-electron chi connectivity index (χ1n) is 8.30. The first kappa shape index (κ1) is 16.1.